The number of carbonyl (C=O) groups excluding carboxylic acids is 1. The zero-order valence-electron chi connectivity index (χ0n) is 30.4. The maximum atomic E-state index is 14.7. The van der Waals surface area contributed by atoms with Crippen LogP contribution in [0.15, 0.2) is 60.0 Å². The van der Waals surface area contributed by atoms with Gasteiger partial charge in [-0.05, 0) is 75.4 Å². The lowest BCUT2D eigenvalue weighted by Crippen LogP contribution is -2.58. The van der Waals surface area contributed by atoms with Crippen molar-refractivity contribution in [2.45, 2.75) is 98.8 Å². The predicted octanol–water partition coefficient (Wildman–Crippen LogP) is 7.58. The summed E-state index contributed by atoms with van der Waals surface area (Å²) in [6.45, 7) is 25.1. The first-order valence-electron chi connectivity index (χ1n) is 17.4. The number of carbonyl (C=O) groups is 1. The van der Waals surface area contributed by atoms with Crippen molar-refractivity contribution >= 4 is 34.4 Å². The van der Waals surface area contributed by atoms with Gasteiger partial charge >= 0.3 is 5.69 Å². The fourth-order valence-electron chi connectivity index (χ4n) is 6.98. The van der Waals surface area contributed by atoms with Crippen LogP contribution in [0.3, 0.4) is 0 Å². The number of aromatic nitrogens is 4. The number of rotatable bonds is 10. The Kier molecular flexibility index (Phi) is 10.9. The first kappa shape index (κ1) is 36.2. The third-order valence-corrected chi connectivity index (χ3v) is 9.96. The summed E-state index contributed by atoms with van der Waals surface area (Å²) in [7, 11) is 0. The van der Waals surface area contributed by atoms with Gasteiger partial charge in [0, 0.05) is 49.5 Å². The van der Waals surface area contributed by atoms with E-state index in [2.05, 4.69) is 70.9 Å². The van der Waals surface area contributed by atoms with Crippen molar-refractivity contribution < 1.29 is 4.79 Å². The summed E-state index contributed by atoms with van der Waals surface area (Å²) >= 11 is 7.17. The third kappa shape index (κ3) is 7.01. The van der Waals surface area contributed by atoms with E-state index in [1.807, 2.05) is 55.3 Å². The average Bonchev–Trinajstić information content (AvgIpc) is 3.07. The van der Waals surface area contributed by atoms with Crippen LogP contribution in [0.1, 0.15) is 91.0 Å². The van der Waals surface area contributed by atoms with E-state index in [9.17, 15) is 9.59 Å². The van der Waals surface area contributed by atoms with Gasteiger partial charge in [0.15, 0.2) is 5.65 Å². The van der Waals surface area contributed by atoms with Gasteiger partial charge in [-0.3, -0.25) is 14.7 Å². The molecule has 0 aliphatic carbocycles. The van der Waals surface area contributed by atoms with Gasteiger partial charge in [-0.1, -0.05) is 77.1 Å². The molecule has 1 amide bonds. The van der Waals surface area contributed by atoms with E-state index in [1.165, 1.54) is 6.08 Å². The van der Waals surface area contributed by atoms with Gasteiger partial charge in [-0.2, -0.15) is 4.98 Å². The number of halogens is 1. The molecule has 2 atom stereocenters. The second-order valence-corrected chi connectivity index (χ2v) is 14.5. The van der Waals surface area contributed by atoms with E-state index in [-0.39, 0.29) is 29.8 Å². The lowest BCUT2D eigenvalue weighted by Gasteiger charge is -2.44. The second-order valence-electron chi connectivity index (χ2n) is 14.0. The lowest BCUT2D eigenvalue weighted by molar-refractivity contribution is -0.128. The Bertz CT molecular complexity index is 1920. The number of hydrogen-bond donors (Lipinski definition) is 0. The molecule has 0 unspecified atom stereocenters. The molecule has 0 radical (unpaired) electrons. The number of hydrogen-bond acceptors (Lipinski definition) is 7. The summed E-state index contributed by atoms with van der Waals surface area (Å²) < 4.78 is 1.66. The van der Waals surface area contributed by atoms with Crippen LogP contribution in [0.2, 0.25) is 5.02 Å². The van der Waals surface area contributed by atoms with Crippen LogP contribution in [-0.4, -0.2) is 73.0 Å². The first-order valence-corrected chi connectivity index (χ1v) is 17.8. The number of anilines is 1. The first-order chi connectivity index (χ1) is 23.3. The predicted molar refractivity (Wildman–Crippen MR) is 201 cm³/mol. The zero-order chi connectivity index (χ0) is 35.7. The van der Waals surface area contributed by atoms with Crippen LogP contribution >= 0.6 is 11.6 Å². The van der Waals surface area contributed by atoms with Gasteiger partial charge in [0.25, 0.3) is 0 Å². The molecule has 4 aromatic rings. The number of piperazine rings is 1. The number of pyridine rings is 2. The van der Waals surface area contributed by atoms with Crippen molar-refractivity contribution in [3.05, 3.63) is 87.6 Å². The fourth-order valence-corrected chi connectivity index (χ4v) is 7.23. The lowest BCUT2D eigenvalue weighted by atomic mass is 9.95. The largest absolute Gasteiger partial charge is 0.355 e. The Morgan fingerprint density at radius 2 is 1.76 bits per heavy atom. The number of fused-ring (bicyclic) bond motifs is 1. The van der Waals surface area contributed by atoms with E-state index in [4.69, 9.17) is 26.6 Å². The molecule has 0 saturated carbocycles. The van der Waals surface area contributed by atoms with Gasteiger partial charge in [0.05, 0.1) is 27.5 Å². The summed E-state index contributed by atoms with van der Waals surface area (Å²) in [5.74, 6) is 0.646. The summed E-state index contributed by atoms with van der Waals surface area (Å²) in [6.07, 6.45) is 3.18. The van der Waals surface area contributed by atoms with Gasteiger partial charge < -0.3 is 9.80 Å². The molecule has 0 N–H and O–H groups in total. The van der Waals surface area contributed by atoms with Crippen molar-refractivity contribution in [1.29, 1.82) is 0 Å². The molecule has 260 valence electrons. The third-order valence-electron chi connectivity index (χ3n) is 9.67. The summed E-state index contributed by atoms with van der Waals surface area (Å²) in [4.78, 5) is 48.6. The topological polar surface area (TPSA) is 87.5 Å². The average molecular weight is 684 g/mol. The fraction of sp³-hybridized carbons (Fsp3) is 0.462. The van der Waals surface area contributed by atoms with Crippen molar-refractivity contribution in [2.24, 2.45) is 0 Å². The normalized spacial score (nSPS) is 16.9. The monoisotopic (exact) mass is 683 g/mol. The molecule has 0 bridgehead atoms. The van der Waals surface area contributed by atoms with Crippen LogP contribution in [0.5, 0.6) is 0 Å². The minimum atomic E-state index is -0.436. The Hall–Kier alpha value is -4.08. The summed E-state index contributed by atoms with van der Waals surface area (Å²) in [5, 5.41) is 1.14. The van der Waals surface area contributed by atoms with E-state index < -0.39 is 5.69 Å². The molecule has 4 heterocycles. The van der Waals surface area contributed by atoms with Gasteiger partial charge in [-0.15, -0.1) is 0 Å². The van der Waals surface area contributed by atoms with E-state index in [0.29, 0.717) is 58.9 Å². The van der Waals surface area contributed by atoms with Crippen molar-refractivity contribution in [3.8, 4) is 16.9 Å². The molecule has 1 saturated heterocycles. The molecular formula is C39H50ClN7O2. The Morgan fingerprint density at radius 3 is 2.39 bits per heavy atom. The standard InChI is InChI=1S/C39H50ClN7O2/c1-11-33(48)45-20-27(10)46(21-26(45)9)37-31-19-32(40)35(30-16-14-13-15-29(30)23(3)4)42-38(31)47(39(49)43-37)36-28(22-44(12-2)25(7)8)17-18-41-34(36)24(5)6/h11,13-19,23-27H,1,12,20-22H2,2-10H3/t26-,27+/m1/s1. The number of benzene rings is 1. The SMILES string of the molecule is C=CC(=O)N1C[C@H](C)N(c2nc(=O)n(-c3c(CN(CC)C(C)C)ccnc3C(C)C)c3nc(-c4ccccc4C(C)C)c(Cl)cc23)C[C@H]1C. The minimum Gasteiger partial charge on any atom is -0.349 e. The van der Waals surface area contributed by atoms with Crippen LogP contribution in [0.4, 0.5) is 5.82 Å². The van der Waals surface area contributed by atoms with Gasteiger partial charge in [0.1, 0.15) is 5.82 Å². The van der Waals surface area contributed by atoms with Crippen LogP contribution in [-0.2, 0) is 11.3 Å². The van der Waals surface area contributed by atoms with E-state index >= 15 is 0 Å². The van der Waals surface area contributed by atoms with E-state index in [0.717, 1.165) is 28.9 Å². The van der Waals surface area contributed by atoms with Crippen molar-refractivity contribution in [1.82, 2.24) is 29.3 Å². The Labute approximate surface area is 295 Å². The summed E-state index contributed by atoms with van der Waals surface area (Å²) in [5.41, 5.74) is 5.18. The molecule has 1 aromatic carbocycles. The van der Waals surface area contributed by atoms with Crippen molar-refractivity contribution in [3.63, 3.8) is 0 Å². The van der Waals surface area contributed by atoms with Gasteiger partial charge in [-0.25, -0.2) is 14.3 Å². The second kappa shape index (κ2) is 14.8. The summed E-state index contributed by atoms with van der Waals surface area (Å²) in [6, 6.07) is 12.1. The zero-order valence-corrected chi connectivity index (χ0v) is 31.1. The molecule has 0 spiro atoms. The highest BCUT2D eigenvalue weighted by molar-refractivity contribution is 6.34. The van der Waals surface area contributed by atoms with Crippen LogP contribution in [0.25, 0.3) is 28.0 Å². The number of amides is 1. The molecule has 5 rings (SSSR count). The van der Waals surface area contributed by atoms with Gasteiger partial charge in [0.2, 0.25) is 5.91 Å². The molecule has 1 aliphatic heterocycles. The molecule has 1 fully saturated rings. The highest BCUT2D eigenvalue weighted by Gasteiger charge is 2.34. The molecule has 1 aliphatic rings. The molecule has 3 aromatic heterocycles. The van der Waals surface area contributed by atoms with Crippen LogP contribution < -0.4 is 10.6 Å². The Morgan fingerprint density at radius 1 is 1.04 bits per heavy atom. The maximum Gasteiger partial charge on any atom is 0.355 e. The highest BCUT2D eigenvalue weighted by Crippen LogP contribution is 2.38. The number of nitrogens with zero attached hydrogens (tertiary/aromatic N) is 7. The molecule has 9 nitrogen and oxygen atoms in total. The van der Waals surface area contributed by atoms with E-state index in [1.54, 1.807) is 4.57 Å². The van der Waals surface area contributed by atoms with Crippen molar-refractivity contribution in [2.75, 3.05) is 24.5 Å². The van der Waals surface area contributed by atoms with Crippen LogP contribution in [0, 0.1) is 0 Å². The molecule has 10 heteroatoms. The smallest absolute Gasteiger partial charge is 0.349 e. The Balaban J connectivity index is 1.86. The maximum absolute atomic E-state index is 14.7. The minimum absolute atomic E-state index is 0.0236. The highest BCUT2D eigenvalue weighted by atomic mass is 35.5. The molecular weight excluding hydrogens is 634 g/mol. The quantitative estimate of drug-likeness (QED) is 0.159. The molecule has 49 heavy (non-hydrogen) atoms.